The molecule has 0 aromatic carbocycles. The molecule has 6 nitrogen and oxygen atoms in total. The molecular formula is C4H4K2O6S3. The third-order valence-corrected chi connectivity index (χ3v) is 4.79. The Hall–Kier alpha value is 2.79. The second-order valence-electron chi connectivity index (χ2n) is 2.02. The molecule has 0 saturated heterocycles. The van der Waals surface area contributed by atoms with Gasteiger partial charge in [-0.25, -0.2) is 0 Å². The molecule has 11 heteroatoms. The summed E-state index contributed by atoms with van der Waals surface area (Å²) in [7, 11) is -8.80. The molecule has 15 heavy (non-hydrogen) atoms. The average molecular weight is 322 g/mol. The van der Waals surface area contributed by atoms with Crippen LogP contribution in [0, 0.1) is 0 Å². The van der Waals surface area contributed by atoms with Gasteiger partial charge in [-0.2, -0.15) is 16.8 Å². The van der Waals surface area contributed by atoms with Crippen molar-refractivity contribution in [3.8, 4) is 0 Å². The van der Waals surface area contributed by atoms with Crippen molar-refractivity contribution >= 4 is 134 Å². The SMILES string of the molecule is O=S(=O)(O)c1ccc(S(=O)(=O)O)s1.[K].[K]. The van der Waals surface area contributed by atoms with Crippen molar-refractivity contribution in [2.24, 2.45) is 0 Å². The van der Waals surface area contributed by atoms with Gasteiger partial charge in [0.15, 0.2) is 0 Å². The van der Waals surface area contributed by atoms with Gasteiger partial charge in [0.2, 0.25) is 0 Å². The molecule has 1 aromatic heterocycles. The second-order valence-corrected chi connectivity index (χ2v) is 6.40. The minimum Gasteiger partial charge on any atom is -0.281 e. The maximum absolute atomic E-state index is 10.5. The second kappa shape index (κ2) is 7.40. The first-order chi connectivity index (χ1) is 5.71. The number of hydrogen-bond donors (Lipinski definition) is 2. The zero-order valence-corrected chi connectivity index (χ0v) is 16.6. The van der Waals surface area contributed by atoms with E-state index in [0.29, 0.717) is 0 Å². The molecule has 2 radical (unpaired) electrons. The van der Waals surface area contributed by atoms with Crippen LogP contribution in [0.3, 0.4) is 0 Å². The van der Waals surface area contributed by atoms with Crippen LogP contribution in [0.2, 0.25) is 0 Å². The van der Waals surface area contributed by atoms with E-state index >= 15 is 0 Å². The summed E-state index contributed by atoms with van der Waals surface area (Å²) in [6, 6.07) is 1.78. The Morgan fingerprint density at radius 3 is 1.27 bits per heavy atom. The molecule has 0 fully saturated rings. The van der Waals surface area contributed by atoms with E-state index in [1.54, 1.807) is 0 Å². The number of hydrogen-bond acceptors (Lipinski definition) is 5. The van der Waals surface area contributed by atoms with E-state index in [1.807, 2.05) is 0 Å². The summed E-state index contributed by atoms with van der Waals surface area (Å²) in [6.07, 6.45) is 0. The first-order valence-electron chi connectivity index (χ1n) is 2.76. The largest absolute Gasteiger partial charge is 0.304 e. The first-order valence-corrected chi connectivity index (χ1v) is 6.46. The van der Waals surface area contributed by atoms with Crippen molar-refractivity contribution in [2.45, 2.75) is 8.42 Å². The minimum atomic E-state index is -4.40. The van der Waals surface area contributed by atoms with E-state index in [9.17, 15) is 16.8 Å². The Balaban J connectivity index is 0. The maximum Gasteiger partial charge on any atom is 0.304 e. The molecule has 0 unspecified atom stereocenters. The van der Waals surface area contributed by atoms with Crippen molar-refractivity contribution < 1.29 is 25.9 Å². The van der Waals surface area contributed by atoms with Gasteiger partial charge in [0.25, 0.3) is 0 Å². The average Bonchev–Trinajstić information content (AvgIpc) is 2.28. The summed E-state index contributed by atoms with van der Waals surface area (Å²) >= 11 is 0.271. The molecule has 1 aromatic rings. The summed E-state index contributed by atoms with van der Waals surface area (Å²) in [6.45, 7) is 0. The van der Waals surface area contributed by atoms with Gasteiger partial charge in [-0.15, -0.1) is 11.3 Å². The zero-order valence-electron chi connectivity index (χ0n) is 7.91. The van der Waals surface area contributed by atoms with Gasteiger partial charge in [-0.1, -0.05) is 0 Å². The van der Waals surface area contributed by atoms with E-state index in [4.69, 9.17) is 9.11 Å². The summed E-state index contributed by atoms with van der Waals surface area (Å²) in [5.74, 6) is 0. The third-order valence-electron chi connectivity index (χ3n) is 1.07. The molecule has 2 N–H and O–H groups in total. The number of thiophene rings is 1. The molecule has 0 saturated carbocycles. The molecule has 1 rings (SSSR count). The van der Waals surface area contributed by atoms with E-state index in [0.717, 1.165) is 12.1 Å². The zero-order chi connectivity index (χ0) is 10.3. The van der Waals surface area contributed by atoms with Crippen LogP contribution in [0.15, 0.2) is 20.6 Å². The monoisotopic (exact) mass is 322 g/mol. The molecule has 76 valence electrons. The fourth-order valence-corrected chi connectivity index (χ4v) is 3.07. The van der Waals surface area contributed by atoms with Crippen molar-refractivity contribution in [3.63, 3.8) is 0 Å². The Labute approximate surface area is 176 Å². The normalized spacial score (nSPS) is 11.3. The molecule has 0 aliphatic carbocycles. The standard InChI is InChI=1S/C4H4O6S3.2K/c5-12(6,7)3-1-2-4(11-3)13(8,9)10;;/h1-2H,(H,5,6,7)(H,8,9,10);;. The van der Waals surface area contributed by atoms with Crippen LogP contribution < -0.4 is 0 Å². The third kappa shape index (κ3) is 6.49. The molecule has 0 amide bonds. The maximum atomic E-state index is 10.5. The molecule has 1 heterocycles. The smallest absolute Gasteiger partial charge is 0.281 e. The molecule has 0 spiro atoms. The fourth-order valence-electron chi connectivity index (χ4n) is 0.581. The van der Waals surface area contributed by atoms with E-state index in [2.05, 4.69) is 0 Å². The van der Waals surface area contributed by atoms with Crippen molar-refractivity contribution in [1.29, 1.82) is 0 Å². The quantitative estimate of drug-likeness (QED) is 0.560. The Bertz CT molecular complexity index is 468. The summed E-state index contributed by atoms with van der Waals surface area (Å²) in [5.41, 5.74) is 0. The van der Waals surface area contributed by atoms with Crippen LogP contribution in [-0.4, -0.2) is 129 Å². The van der Waals surface area contributed by atoms with Gasteiger partial charge in [-0.05, 0) is 12.1 Å². The molecule has 0 aliphatic heterocycles. The van der Waals surface area contributed by atoms with Crippen LogP contribution in [0.1, 0.15) is 0 Å². The van der Waals surface area contributed by atoms with E-state index < -0.39 is 28.7 Å². The van der Waals surface area contributed by atoms with Crippen molar-refractivity contribution in [2.75, 3.05) is 0 Å². The van der Waals surface area contributed by atoms with Gasteiger partial charge in [0.1, 0.15) is 8.42 Å². The van der Waals surface area contributed by atoms with Gasteiger partial charge in [0.05, 0.1) is 0 Å². The minimum absolute atomic E-state index is 0. The van der Waals surface area contributed by atoms with Crippen LogP contribution >= 0.6 is 11.3 Å². The predicted molar refractivity (Wildman–Crippen MR) is 55.5 cm³/mol. The first kappa shape index (κ1) is 20.1. The summed E-state index contributed by atoms with van der Waals surface area (Å²) in [4.78, 5) is 0. The van der Waals surface area contributed by atoms with Crippen LogP contribution in [0.25, 0.3) is 0 Å². The van der Waals surface area contributed by atoms with Crippen molar-refractivity contribution in [3.05, 3.63) is 12.1 Å². The predicted octanol–water partition coefficient (Wildman–Crippen LogP) is -0.520. The van der Waals surface area contributed by atoms with Crippen LogP contribution in [-0.2, 0) is 20.2 Å². The summed E-state index contributed by atoms with van der Waals surface area (Å²) in [5, 5.41) is 0. The van der Waals surface area contributed by atoms with Crippen molar-refractivity contribution in [1.82, 2.24) is 0 Å². The number of rotatable bonds is 2. The molecule has 0 bridgehead atoms. The molecular weight excluding hydrogens is 318 g/mol. The van der Waals surface area contributed by atoms with E-state index in [1.165, 1.54) is 0 Å². The Kier molecular flexibility index (Phi) is 9.92. The van der Waals surface area contributed by atoms with Gasteiger partial charge < -0.3 is 0 Å². The van der Waals surface area contributed by atoms with E-state index in [-0.39, 0.29) is 114 Å². The van der Waals surface area contributed by atoms with Crippen LogP contribution in [0.5, 0.6) is 0 Å². The topological polar surface area (TPSA) is 109 Å². The Morgan fingerprint density at radius 2 is 1.13 bits per heavy atom. The van der Waals surface area contributed by atoms with Gasteiger partial charge >= 0.3 is 20.2 Å². The summed E-state index contributed by atoms with van der Waals surface area (Å²) < 4.78 is 57.7. The molecule has 0 aliphatic rings. The Morgan fingerprint density at radius 1 is 0.867 bits per heavy atom. The molecule has 0 atom stereocenters. The fraction of sp³-hybridized carbons (Fsp3) is 0. The van der Waals surface area contributed by atoms with Crippen LogP contribution in [0.4, 0.5) is 0 Å². The van der Waals surface area contributed by atoms with Gasteiger partial charge in [0, 0.05) is 103 Å². The van der Waals surface area contributed by atoms with Gasteiger partial charge in [-0.3, -0.25) is 9.11 Å².